The van der Waals surface area contributed by atoms with E-state index in [1.807, 2.05) is 50.4 Å². The van der Waals surface area contributed by atoms with Gasteiger partial charge in [-0.25, -0.2) is 0 Å². The van der Waals surface area contributed by atoms with E-state index in [1.54, 1.807) is 0 Å². The molecule has 182 valence electrons. The van der Waals surface area contributed by atoms with Crippen molar-refractivity contribution >= 4 is 28.9 Å². The third-order valence-electron chi connectivity index (χ3n) is 7.20. The highest BCUT2D eigenvalue weighted by Crippen LogP contribution is 2.44. The van der Waals surface area contributed by atoms with E-state index in [1.165, 1.54) is 29.8 Å². The first-order chi connectivity index (χ1) is 16.8. The minimum absolute atomic E-state index is 0.00927. The summed E-state index contributed by atoms with van der Waals surface area (Å²) in [7, 11) is 0. The van der Waals surface area contributed by atoms with Gasteiger partial charge in [0, 0.05) is 42.3 Å². The van der Waals surface area contributed by atoms with E-state index in [0.29, 0.717) is 24.1 Å². The first-order valence-electron chi connectivity index (χ1n) is 12.4. The van der Waals surface area contributed by atoms with Crippen molar-refractivity contribution in [2.45, 2.75) is 65.1 Å². The maximum Gasteiger partial charge on any atom is 0.226 e. The van der Waals surface area contributed by atoms with Crippen molar-refractivity contribution in [1.82, 2.24) is 19.8 Å². The van der Waals surface area contributed by atoms with Crippen molar-refractivity contribution in [3.63, 3.8) is 0 Å². The number of nitrogens with zero attached hydrogens (tertiary/aromatic N) is 3. The molecule has 35 heavy (non-hydrogen) atoms. The van der Waals surface area contributed by atoms with E-state index < -0.39 is 0 Å². The van der Waals surface area contributed by atoms with Crippen LogP contribution in [0.25, 0.3) is 0 Å². The van der Waals surface area contributed by atoms with E-state index in [4.69, 9.17) is 12.2 Å². The van der Waals surface area contributed by atoms with Crippen molar-refractivity contribution in [3.8, 4) is 0 Å². The van der Waals surface area contributed by atoms with Crippen molar-refractivity contribution < 1.29 is 4.79 Å². The third-order valence-corrected chi connectivity index (χ3v) is 7.55. The summed E-state index contributed by atoms with van der Waals surface area (Å²) in [5, 5.41) is 7.27. The molecule has 2 N–H and O–H groups in total. The predicted molar refractivity (Wildman–Crippen MR) is 143 cm³/mol. The van der Waals surface area contributed by atoms with Gasteiger partial charge in [-0.2, -0.15) is 0 Å². The second-order valence-electron chi connectivity index (χ2n) is 9.86. The van der Waals surface area contributed by atoms with Crippen molar-refractivity contribution in [1.29, 1.82) is 0 Å². The molecule has 3 aromatic rings. The molecule has 1 aliphatic heterocycles. The summed E-state index contributed by atoms with van der Waals surface area (Å²) in [6.45, 7) is 8.97. The molecule has 3 heterocycles. The normalized spacial score (nSPS) is 19.7. The highest BCUT2D eigenvalue weighted by molar-refractivity contribution is 7.80. The Morgan fingerprint density at radius 2 is 1.94 bits per heavy atom. The average Bonchev–Trinajstić information content (AvgIpc) is 3.55. The number of anilines is 1. The molecule has 1 amide bonds. The monoisotopic (exact) mass is 487 g/mol. The molecule has 2 atom stereocenters. The van der Waals surface area contributed by atoms with Gasteiger partial charge in [-0.05, 0) is 93.7 Å². The average molecular weight is 488 g/mol. The molecule has 7 heteroatoms. The molecule has 2 aliphatic rings. The second-order valence-corrected chi connectivity index (χ2v) is 10.3. The van der Waals surface area contributed by atoms with Crippen LogP contribution in [0.2, 0.25) is 0 Å². The topological polar surface area (TPSA) is 62.2 Å². The molecule has 2 fully saturated rings. The van der Waals surface area contributed by atoms with E-state index in [-0.39, 0.29) is 18.0 Å². The van der Waals surface area contributed by atoms with Crippen LogP contribution < -0.4 is 10.6 Å². The van der Waals surface area contributed by atoms with Crippen molar-refractivity contribution in [2.75, 3.05) is 11.9 Å². The van der Waals surface area contributed by atoms with Gasteiger partial charge in [0.25, 0.3) is 0 Å². The molecule has 5 rings (SSSR count). The van der Waals surface area contributed by atoms with Gasteiger partial charge in [-0.15, -0.1) is 0 Å². The fourth-order valence-corrected chi connectivity index (χ4v) is 5.62. The molecule has 1 aromatic carbocycles. The van der Waals surface area contributed by atoms with Gasteiger partial charge in [0.15, 0.2) is 5.11 Å². The molecule has 0 spiro atoms. The Morgan fingerprint density at radius 1 is 1.14 bits per heavy atom. The Bertz CT molecular complexity index is 1260. The number of aromatic nitrogens is 2. The van der Waals surface area contributed by atoms with Gasteiger partial charge in [0.2, 0.25) is 5.91 Å². The summed E-state index contributed by atoms with van der Waals surface area (Å²) in [6, 6.07) is 14.9. The van der Waals surface area contributed by atoms with Gasteiger partial charge < -0.3 is 20.1 Å². The molecule has 0 radical (unpaired) electrons. The minimum atomic E-state index is -0.0704. The maximum absolute atomic E-state index is 12.9. The van der Waals surface area contributed by atoms with Crippen LogP contribution in [0, 0.1) is 27.7 Å². The summed E-state index contributed by atoms with van der Waals surface area (Å²) in [5.74, 6) is -0.00927. The lowest BCUT2D eigenvalue weighted by Crippen LogP contribution is -2.33. The Morgan fingerprint density at radius 3 is 2.66 bits per heavy atom. The Hall–Kier alpha value is -3.19. The van der Waals surface area contributed by atoms with Crippen molar-refractivity contribution in [3.05, 3.63) is 82.4 Å². The maximum atomic E-state index is 12.9. The van der Waals surface area contributed by atoms with E-state index in [2.05, 4.69) is 51.1 Å². The molecule has 0 bridgehead atoms. The number of hydrogen-bond acceptors (Lipinski definition) is 3. The predicted octanol–water partition coefficient (Wildman–Crippen LogP) is 5.45. The minimum Gasteiger partial charge on any atom is -0.352 e. The largest absolute Gasteiger partial charge is 0.352 e. The second kappa shape index (κ2) is 9.46. The summed E-state index contributed by atoms with van der Waals surface area (Å²) >= 11 is 5.81. The summed E-state index contributed by atoms with van der Waals surface area (Å²) in [4.78, 5) is 19.8. The van der Waals surface area contributed by atoms with E-state index >= 15 is 0 Å². The number of aryl methyl sites for hydroxylation is 3. The van der Waals surface area contributed by atoms with Gasteiger partial charge in [-0.1, -0.05) is 18.2 Å². The Kier molecular flexibility index (Phi) is 6.36. The SMILES string of the molecule is Cc1ccc(C)c(NC(=O)CCN2C(=S)N[C@@H](c3ccccn3)[C@@H]2c2cc(C)n(C3CC3)c2C)c1. The number of thiocarbonyl (C=S) groups is 1. The first kappa shape index (κ1) is 23.5. The fourth-order valence-electron chi connectivity index (χ4n) is 5.29. The highest BCUT2D eigenvalue weighted by atomic mass is 32.1. The molecular formula is C28H33N5OS. The van der Waals surface area contributed by atoms with Crippen molar-refractivity contribution in [2.24, 2.45) is 0 Å². The van der Waals surface area contributed by atoms with Gasteiger partial charge in [0.1, 0.15) is 0 Å². The van der Waals surface area contributed by atoms with E-state index in [0.717, 1.165) is 22.5 Å². The number of carbonyl (C=O) groups is 1. The Labute approximate surface area is 212 Å². The van der Waals surface area contributed by atoms with Crippen LogP contribution >= 0.6 is 12.2 Å². The number of nitrogens with one attached hydrogen (secondary N) is 2. The van der Waals surface area contributed by atoms with Gasteiger partial charge >= 0.3 is 0 Å². The van der Waals surface area contributed by atoms with Gasteiger partial charge in [0.05, 0.1) is 17.8 Å². The molecule has 1 saturated carbocycles. The molecule has 6 nitrogen and oxygen atoms in total. The van der Waals surface area contributed by atoms with Gasteiger partial charge in [-0.3, -0.25) is 9.78 Å². The molecule has 1 aliphatic carbocycles. The molecule has 1 saturated heterocycles. The summed E-state index contributed by atoms with van der Waals surface area (Å²) in [5.41, 5.74) is 7.83. The van der Waals surface area contributed by atoms with E-state index in [9.17, 15) is 4.79 Å². The standard InChI is InChI=1S/C28H33N5OS/c1-17-8-9-18(2)24(15-17)30-25(34)12-14-32-27(22-16-19(3)33(20(22)4)21-10-11-21)26(31-28(32)35)23-7-5-6-13-29-23/h5-9,13,15-16,21,26-27H,10-12,14H2,1-4H3,(H,30,34)(H,31,35)/t26-,27-/m0/s1. The Balaban J connectivity index is 1.41. The summed E-state index contributed by atoms with van der Waals surface area (Å²) < 4.78 is 2.47. The lowest BCUT2D eigenvalue weighted by molar-refractivity contribution is -0.116. The number of pyridine rings is 1. The number of benzene rings is 1. The van der Waals surface area contributed by atoms with Crippen LogP contribution in [0.1, 0.15) is 71.2 Å². The smallest absolute Gasteiger partial charge is 0.226 e. The summed E-state index contributed by atoms with van der Waals surface area (Å²) in [6.07, 6.45) is 4.65. The van der Waals surface area contributed by atoms with Crippen LogP contribution in [0.4, 0.5) is 5.69 Å². The zero-order chi connectivity index (χ0) is 24.7. The first-order valence-corrected chi connectivity index (χ1v) is 12.8. The molecule has 2 aromatic heterocycles. The molecular weight excluding hydrogens is 454 g/mol. The fraction of sp³-hybridized carbons (Fsp3) is 0.393. The lowest BCUT2D eigenvalue weighted by atomic mass is 9.96. The van der Waals surface area contributed by atoms with Crippen LogP contribution in [0.15, 0.2) is 48.7 Å². The number of hydrogen-bond donors (Lipinski definition) is 2. The van der Waals surface area contributed by atoms with Crippen LogP contribution in [0.3, 0.4) is 0 Å². The van der Waals surface area contributed by atoms with Crippen LogP contribution in [-0.2, 0) is 4.79 Å². The molecule has 0 unspecified atom stereocenters. The number of amides is 1. The lowest BCUT2D eigenvalue weighted by Gasteiger charge is -2.28. The van der Waals surface area contributed by atoms with Crippen LogP contribution in [0.5, 0.6) is 0 Å². The van der Waals surface area contributed by atoms with Crippen LogP contribution in [-0.4, -0.2) is 32.0 Å². The zero-order valence-electron chi connectivity index (χ0n) is 20.8. The third kappa shape index (κ3) is 4.69. The highest BCUT2D eigenvalue weighted by Gasteiger charge is 2.42. The quantitative estimate of drug-likeness (QED) is 0.434. The number of carbonyl (C=O) groups excluding carboxylic acids is 1. The zero-order valence-corrected chi connectivity index (χ0v) is 21.7. The number of rotatable bonds is 7.